The maximum Gasteiger partial charge on any atom is 0.257 e. The van der Waals surface area contributed by atoms with Gasteiger partial charge in [0.25, 0.3) is 5.91 Å². The number of carbonyl (C=O) groups is 2. The molecule has 29 heavy (non-hydrogen) atoms. The first-order valence-corrected chi connectivity index (χ1v) is 10.8. The smallest absolute Gasteiger partial charge is 0.257 e. The van der Waals surface area contributed by atoms with Gasteiger partial charge in [-0.25, -0.2) is 4.98 Å². The summed E-state index contributed by atoms with van der Waals surface area (Å²) in [4.78, 5) is 29.3. The van der Waals surface area contributed by atoms with Gasteiger partial charge in [-0.3, -0.25) is 9.59 Å². The van der Waals surface area contributed by atoms with Crippen molar-refractivity contribution >= 4 is 29.3 Å². The summed E-state index contributed by atoms with van der Waals surface area (Å²) in [5, 5.41) is 15.9. The number of hydrogen-bond acceptors (Lipinski definition) is 5. The fourth-order valence-electron chi connectivity index (χ4n) is 3.03. The first-order valence-electron chi connectivity index (χ1n) is 9.60. The van der Waals surface area contributed by atoms with Crippen LogP contribution in [0.3, 0.4) is 0 Å². The highest BCUT2D eigenvalue weighted by Gasteiger charge is 2.28. The van der Waals surface area contributed by atoms with Crippen molar-refractivity contribution in [1.29, 1.82) is 5.26 Å². The van der Waals surface area contributed by atoms with Crippen molar-refractivity contribution in [2.24, 2.45) is 0 Å². The van der Waals surface area contributed by atoms with E-state index in [9.17, 15) is 14.9 Å². The van der Waals surface area contributed by atoms with Crippen LogP contribution < -0.4 is 10.6 Å². The van der Waals surface area contributed by atoms with Gasteiger partial charge in [-0.1, -0.05) is 12.1 Å². The highest BCUT2D eigenvalue weighted by Crippen LogP contribution is 2.40. The number of rotatable bonds is 7. The molecule has 1 aliphatic rings. The van der Waals surface area contributed by atoms with E-state index in [0.29, 0.717) is 27.8 Å². The number of thioether (sulfide) groups is 1. The van der Waals surface area contributed by atoms with Crippen LogP contribution in [0.15, 0.2) is 35.4 Å². The molecule has 0 atom stereocenters. The van der Waals surface area contributed by atoms with Crippen molar-refractivity contribution in [3.63, 3.8) is 0 Å². The van der Waals surface area contributed by atoms with E-state index < -0.39 is 0 Å². The minimum atomic E-state index is -0.327. The first kappa shape index (κ1) is 20.9. The third-order valence-corrected chi connectivity index (χ3v) is 5.26. The molecule has 150 valence electrons. The maximum atomic E-state index is 12.9. The number of pyridine rings is 1. The van der Waals surface area contributed by atoms with E-state index in [2.05, 4.69) is 21.7 Å². The zero-order valence-corrected chi connectivity index (χ0v) is 17.6. The standard InChI is InChI=1S/C22H24N4O2S/c1-13(2)24-20(27)10-14-4-8-16(9-5-14)25-21(28)17-11-19(15-6-7-15)26-22(29-3)18(17)12-23/h4-5,8-9,11,13,15H,6-7,10H2,1-3H3,(H,24,27)(H,25,28). The molecule has 0 bridgehead atoms. The predicted molar refractivity (Wildman–Crippen MR) is 114 cm³/mol. The van der Waals surface area contributed by atoms with Crippen LogP contribution in [0, 0.1) is 11.3 Å². The molecule has 2 aromatic rings. The molecule has 0 spiro atoms. The number of amides is 2. The van der Waals surface area contributed by atoms with Gasteiger partial charge in [0.1, 0.15) is 11.1 Å². The number of nitrogens with zero attached hydrogens (tertiary/aromatic N) is 2. The van der Waals surface area contributed by atoms with Gasteiger partial charge < -0.3 is 10.6 Å². The zero-order valence-electron chi connectivity index (χ0n) is 16.8. The van der Waals surface area contributed by atoms with Crippen LogP contribution in [0.1, 0.15) is 59.8 Å². The van der Waals surface area contributed by atoms with Crippen LogP contribution in [-0.2, 0) is 11.2 Å². The molecule has 0 unspecified atom stereocenters. The van der Waals surface area contributed by atoms with Crippen LogP contribution in [0.4, 0.5) is 5.69 Å². The van der Waals surface area contributed by atoms with Crippen LogP contribution >= 0.6 is 11.8 Å². The molecule has 0 saturated heterocycles. The lowest BCUT2D eigenvalue weighted by Gasteiger charge is -2.12. The van der Waals surface area contributed by atoms with E-state index in [1.54, 1.807) is 18.2 Å². The van der Waals surface area contributed by atoms with Gasteiger partial charge in [-0.15, -0.1) is 11.8 Å². The van der Waals surface area contributed by atoms with Crippen LogP contribution in [-0.4, -0.2) is 29.1 Å². The maximum absolute atomic E-state index is 12.9. The van der Waals surface area contributed by atoms with E-state index >= 15 is 0 Å². The fraction of sp³-hybridized carbons (Fsp3) is 0.364. The molecule has 2 amide bonds. The lowest BCUT2D eigenvalue weighted by Crippen LogP contribution is -2.31. The minimum Gasteiger partial charge on any atom is -0.354 e. The number of nitriles is 1. The third-order valence-electron chi connectivity index (χ3n) is 4.58. The molecule has 0 radical (unpaired) electrons. The zero-order chi connectivity index (χ0) is 21.0. The largest absolute Gasteiger partial charge is 0.354 e. The summed E-state index contributed by atoms with van der Waals surface area (Å²) in [6, 6.07) is 11.1. The summed E-state index contributed by atoms with van der Waals surface area (Å²) in [5.74, 6) is 0.0207. The van der Waals surface area contributed by atoms with E-state index in [0.717, 1.165) is 24.1 Å². The number of hydrogen-bond donors (Lipinski definition) is 2. The molecule has 1 heterocycles. The number of nitrogens with one attached hydrogen (secondary N) is 2. The predicted octanol–water partition coefficient (Wildman–Crippen LogP) is 3.87. The molecule has 7 heteroatoms. The Hall–Kier alpha value is -2.85. The number of carbonyl (C=O) groups excluding carboxylic acids is 2. The molecular formula is C22H24N4O2S. The van der Waals surface area contributed by atoms with Gasteiger partial charge in [-0.05, 0) is 56.7 Å². The molecule has 1 aromatic carbocycles. The Kier molecular flexibility index (Phi) is 6.55. The fourth-order valence-corrected chi connectivity index (χ4v) is 3.58. The van der Waals surface area contributed by atoms with Crippen molar-refractivity contribution < 1.29 is 9.59 Å². The molecular weight excluding hydrogens is 384 g/mol. The van der Waals surface area contributed by atoms with Crippen molar-refractivity contribution in [3.8, 4) is 6.07 Å². The summed E-state index contributed by atoms with van der Waals surface area (Å²) in [5.41, 5.74) is 3.02. The number of benzene rings is 1. The van der Waals surface area contributed by atoms with Crippen LogP contribution in [0.2, 0.25) is 0 Å². The van der Waals surface area contributed by atoms with E-state index in [4.69, 9.17) is 0 Å². The molecule has 1 saturated carbocycles. The molecule has 6 nitrogen and oxygen atoms in total. The van der Waals surface area contributed by atoms with Gasteiger partial charge in [0.05, 0.1) is 17.5 Å². The Morgan fingerprint density at radius 1 is 1.28 bits per heavy atom. The Bertz CT molecular complexity index is 960. The SMILES string of the molecule is CSc1nc(C2CC2)cc(C(=O)Nc2ccc(CC(=O)NC(C)C)cc2)c1C#N. The van der Waals surface area contributed by atoms with E-state index in [-0.39, 0.29) is 24.3 Å². The summed E-state index contributed by atoms with van der Waals surface area (Å²) in [6.07, 6.45) is 4.28. The second kappa shape index (κ2) is 9.10. The topological polar surface area (TPSA) is 94.9 Å². The molecule has 3 rings (SSSR count). The Morgan fingerprint density at radius 3 is 2.52 bits per heavy atom. The van der Waals surface area contributed by atoms with Gasteiger partial charge in [0.15, 0.2) is 0 Å². The second-order valence-corrected chi connectivity index (χ2v) is 8.21. The average Bonchev–Trinajstić information content (AvgIpc) is 3.53. The Labute approximate surface area is 175 Å². The molecule has 1 aliphatic carbocycles. The van der Waals surface area contributed by atoms with Crippen LogP contribution in [0.5, 0.6) is 0 Å². The highest BCUT2D eigenvalue weighted by atomic mass is 32.2. The summed E-state index contributed by atoms with van der Waals surface area (Å²) >= 11 is 1.38. The Balaban J connectivity index is 1.75. The lowest BCUT2D eigenvalue weighted by molar-refractivity contribution is -0.120. The lowest BCUT2D eigenvalue weighted by atomic mass is 10.1. The van der Waals surface area contributed by atoms with Gasteiger partial charge in [0, 0.05) is 23.3 Å². The van der Waals surface area contributed by atoms with Gasteiger partial charge in [0.2, 0.25) is 5.91 Å². The third kappa shape index (κ3) is 5.36. The quantitative estimate of drug-likeness (QED) is 0.678. The van der Waals surface area contributed by atoms with E-state index in [1.807, 2.05) is 32.2 Å². The van der Waals surface area contributed by atoms with E-state index in [1.165, 1.54) is 11.8 Å². The first-order chi connectivity index (χ1) is 13.9. The van der Waals surface area contributed by atoms with Crippen molar-refractivity contribution in [1.82, 2.24) is 10.3 Å². The monoisotopic (exact) mass is 408 g/mol. The normalized spacial score (nSPS) is 13.1. The van der Waals surface area contributed by atoms with Gasteiger partial charge >= 0.3 is 0 Å². The number of anilines is 1. The molecule has 1 aromatic heterocycles. The summed E-state index contributed by atoms with van der Waals surface area (Å²) in [6.45, 7) is 3.84. The van der Waals surface area contributed by atoms with Crippen molar-refractivity contribution in [3.05, 3.63) is 52.7 Å². The molecule has 0 aliphatic heterocycles. The van der Waals surface area contributed by atoms with Crippen LogP contribution in [0.25, 0.3) is 0 Å². The van der Waals surface area contributed by atoms with Crippen molar-refractivity contribution in [2.75, 3.05) is 11.6 Å². The van der Waals surface area contributed by atoms with Gasteiger partial charge in [-0.2, -0.15) is 5.26 Å². The summed E-state index contributed by atoms with van der Waals surface area (Å²) < 4.78 is 0. The number of aromatic nitrogens is 1. The Morgan fingerprint density at radius 2 is 1.97 bits per heavy atom. The molecule has 2 N–H and O–H groups in total. The minimum absolute atomic E-state index is 0.0376. The van der Waals surface area contributed by atoms with Crippen molar-refractivity contribution in [2.45, 2.75) is 50.1 Å². The average molecular weight is 409 g/mol. The molecule has 1 fully saturated rings. The summed E-state index contributed by atoms with van der Waals surface area (Å²) in [7, 11) is 0. The second-order valence-electron chi connectivity index (χ2n) is 7.42. The highest BCUT2D eigenvalue weighted by molar-refractivity contribution is 7.98.